The Kier molecular flexibility index (Phi) is 4.77. The number of nitrogens with two attached hydrogens (primary N) is 1. The zero-order chi connectivity index (χ0) is 15.3. The van der Waals surface area contributed by atoms with Gasteiger partial charge in [0.05, 0.1) is 0 Å². The molecule has 5 heteroatoms. The molecule has 2 aromatic carbocycles. The largest absolute Gasteiger partial charge is 0.310 e. The summed E-state index contributed by atoms with van der Waals surface area (Å²) in [6.07, 6.45) is 0.730. The molecule has 0 aliphatic rings. The van der Waals surface area contributed by atoms with Crippen LogP contribution in [0.5, 0.6) is 0 Å². The smallest absolute Gasteiger partial charge is 0.284 e. The van der Waals surface area contributed by atoms with Crippen molar-refractivity contribution in [3.8, 4) is 0 Å². The van der Waals surface area contributed by atoms with Crippen molar-refractivity contribution < 1.29 is 13.0 Å². The van der Waals surface area contributed by atoms with Crippen LogP contribution in [0.2, 0.25) is 0 Å². The van der Waals surface area contributed by atoms with E-state index < -0.39 is 15.0 Å². The quantitative estimate of drug-likeness (QED) is 0.803. The summed E-state index contributed by atoms with van der Waals surface area (Å²) in [6, 6.07) is 18.6. The van der Waals surface area contributed by atoms with E-state index in [2.05, 4.69) is 0 Å². The first-order valence-electron chi connectivity index (χ1n) is 6.74. The molecule has 0 saturated carbocycles. The van der Waals surface area contributed by atoms with Gasteiger partial charge in [-0.3, -0.25) is 4.55 Å². The Morgan fingerprint density at radius 1 is 0.905 bits per heavy atom. The highest BCUT2D eigenvalue weighted by atomic mass is 32.2. The van der Waals surface area contributed by atoms with Crippen LogP contribution >= 0.6 is 0 Å². The van der Waals surface area contributed by atoms with Gasteiger partial charge in [-0.15, -0.1) is 0 Å². The second-order valence-corrected chi connectivity index (χ2v) is 6.95. The minimum absolute atomic E-state index is 0.0828. The van der Waals surface area contributed by atoms with Crippen molar-refractivity contribution in [2.24, 2.45) is 5.73 Å². The van der Waals surface area contributed by atoms with Crippen molar-refractivity contribution in [3.05, 3.63) is 71.8 Å². The Bertz CT molecular complexity index is 671. The summed E-state index contributed by atoms with van der Waals surface area (Å²) in [7, 11) is -4.36. The van der Waals surface area contributed by atoms with Crippen LogP contribution in [-0.2, 0) is 23.0 Å². The van der Waals surface area contributed by atoms with E-state index in [-0.39, 0.29) is 12.8 Å². The van der Waals surface area contributed by atoms with Gasteiger partial charge in [-0.2, -0.15) is 8.42 Å². The number of hydrogen-bond acceptors (Lipinski definition) is 3. The van der Waals surface area contributed by atoms with Crippen molar-refractivity contribution in [2.45, 2.75) is 24.1 Å². The topological polar surface area (TPSA) is 80.4 Å². The second kappa shape index (κ2) is 6.39. The van der Waals surface area contributed by atoms with Gasteiger partial charge in [0.15, 0.2) is 0 Å². The van der Waals surface area contributed by atoms with Crippen LogP contribution in [0.25, 0.3) is 0 Å². The third kappa shape index (κ3) is 4.14. The minimum atomic E-state index is -4.36. The van der Waals surface area contributed by atoms with Crippen LogP contribution in [0.1, 0.15) is 17.5 Å². The molecule has 0 aliphatic heterocycles. The molecule has 0 saturated heterocycles. The molecule has 0 aliphatic carbocycles. The molecular formula is C16H19NO3S. The maximum Gasteiger partial charge on any atom is 0.284 e. The van der Waals surface area contributed by atoms with E-state index in [1.807, 2.05) is 48.5 Å². The first kappa shape index (κ1) is 15.7. The number of aryl methyl sites for hydroxylation is 1. The van der Waals surface area contributed by atoms with E-state index in [1.165, 1.54) is 0 Å². The molecule has 2 aromatic rings. The molecule has 4 nitrogen and oxygen atoms in total. The first-order chi connectivity index (χ1) is 9.91. The van der Waals surface area contributed by atoms with Gasteiger partial charge in [0, 0.05) is 6.42 Å². The zero-order valence-corrected chi connectivity index (χ0v) is 12.5. The Morgan fingerprint density at radius 3 is 1.86 bits per heavy atom. The summed E-state index contributed by atoms with van der Waals surface area (Å²) >= 11 is 0. The SMILES string of the molecule is NC(CCc1ccccc1)(Cc1ccccc1)S(=O)(=O)O. The highest BCUT2D eigenvalue weighted by molar-refractivity contribution is 7.87. The summed E-state index contributed by atoms with van der Waals surface area (Å²) in [4.78, 5) is -1.68. The van der Waals surface area contributed by atoms with Gasteiger partial charge in [-0.05, 0) is 24.0 Å². The fourth-order valence-corrected chi connectivity index (χ4v) is 2.96. The average Bonchev–Trinajstić information content (AvgIpc) is 2.46. The van der Waals surface area contributed by atoms with Crippen molar-refractivity contribution >= 4 is 10.1 Å². The monoisotopic (exact) mass is 305 g/mol. The van der Waals surface area contributed by atoms with Gasteiger partial charge in [-0.1, -0.05) is 60.7 Å². The Morgan fingerprint density at radius 2 is 1.38 bits per heavy atom. The van der Waals surface area contributed by atoms with Crippen molar-refractivity contribution in [3.63, 3.8) is 0 Å². The highest BCUT2D eigenvalue weighted by Gasteiger charge is 2.38. The lowest BCUT2D eigenvalue weighted by atomic mass is 9.99. The van der Waals surface area contributed by atoms with E-state index >= 15 is 0 Å². The molecule has 0 radical (unpaired) electrons. The van der Waals surface area contributed by atoms with Gasteiger partial charge in [-0.25, -0.2) is 0 Å². The van der Waals surface area contributed by atoms with Crippen molar-refractivity contribution in [1.82, 2.24) is 0 Å². The summed E-state index contributed by atoms with van der Waals surface area (Å²) in [6.45, 7) is 0. The van der Waals surface area contributed by atoms with Crippen LogP contribution in [0.4, 0.5) is 0 Å². The van der Waals surface area contributed by atoms with Crippen LogP contribution in [-0.4, -0.2) is 17.8 Å². The molecule has 112 valence electrons. The Hall–Kier alpha value is -1.69. The minimum Gasteiger partial charge on any atom is -0.310 e. The lowest BCUT2D eigenvalue weighted by Crippen LogP contribution is -2.49. The number of rotatable bonds is 6. The van der Waals surface area contributed by atoms with Gasteiger partial charge < -0.3 is 5.73 Å². The molecule has 2 rings (SSSR count). The predicted molar refractivity (Wildman–Crippen MR) is 83.4 cm³/mol. The third-order valence-corrected chi connectivity index (χ3v) is 4.92. The molecule has 1 unspecified atom stereocenters. The van der Waals surface area contributed by atoms with Crippen LogP contribution in [0.15, 0.2) is 60.7 Å². The zero-order valence-electron chi connectivity index (χ0n) is 11.6. The van der Waals surface area contributed by atoms with Crippen molar-refractivity contribution in [2.75, 3.05) is 0 Å². The normalized spacial score (nSPS) is 14.6. The summed E-state index contributed by atoms with van der Waals surface area (Å²) in [5.41, 5.74) is 7.79. The van der Waals surface area contributed by atoms with E-state index in [4.69, 9.17) is 5.73 Å². The molecule has 0 amide bonds. The number of hydrogen-bond donors (Lipinski definition) is 2. The molecule has 0 bridgehead atoms. The first-order valence-corrected chi connectivity index (χ1v) is 8.18. The predicted octanol–water partition coefficient (Wildman–Crippen LogP) is 2.40. The fraction of sp³-hybridized carbons (Fsp3) is 0.250. The molecular weight excluding hydrogens is 286 g/mol. The maximum absolute atomic E-state index is 11.7. The van der Waals surface area contributed by atoms with Crippen LogP contribution in [0.3, 0.4) is 0 Å². The summed E-state index contributed by atoms with van der Waals surface area (Å²) in [5, 5.41) is 0. The maximum atomic E-state index is 11.7. The van der Waals surface area contributed by atoms with Gasteiger partial charge >= 0.3 is 0 Å². The van der Waals surface area contributed by atoms with E-state index in [0.717, 1.165) is 11.1 Å². The van der Waals surface area contributed by atoms with Crippen molar-refractivity contribution in [1.29, 1.82) is 0 Å². The third-order valence-electron chi connectivity index (χ3n) is 3.54. The molecule has 0 fully saturated rings. The standard InChI is InChI=1S/C16H19NO3S/c17-16(21(18,19)20,13-15-9-5-2-6-10-15)12-11-14-7-3-1-4-8-14/h1-10H,11-13,17H2,(H,18,19,20). The van der Waals surface area contributed by atoms with Gasteiger partial charge in [0.25, 0.3) is 10.1 Å². The fourth-order valence-electron chi connectivity index (χ4n) is 2.25. The highest BCUT2D eigenvalue weighted by Crippen LogP contribution is 2.23. The van der Waals surface area contributed by atoms with E-state index in [9.17, 15) is 13.0 Å². The molecule has 0 aromatic heterocycles. The van der Waals surface area contributed by atoms with Crippen LogP contribution in [0, 0.1) is 0 Å². The molecule has 0 heterocycles. The number of benzene rings is 2. The summed E-state index contributed by atoms with van der Waals surface area (Å²) < 4.78 is 32.9. The van der Waals surface area contributed by atoms with Gasteiger partial charge in [0.1, 0.15) is 4.87 Å². The molecule has 3 N–H and O–H groups in total. The Balaban J connectivity index is 2.18. The molecule has 21 heavy (non-hydrogen) atoms. The van der Waals surface area contributed by atoms with E-state index in [1.54, 1.807) is 12.1 Å². The Labute approximate surface area is 125 Å². The van der Waals surface area contributed by atoms with Crippen LogP contribution < -0.4 is 5.73 Å². The summed E-state index contributed by atoms with van der Waals surface area (Å²) in [5.74, 6) is 0. The average molecular weight is 305 g/mol. The molecule has 1 atom stereocenters. The lowest BCUT2D eigenvalue weighted by Gasteiger charge is -2.26. The van der Waals surface area contributed by atoms with E-state index in [0.29, 0.717) is 6.42 Å². The van der Waals surface area contributed by atoms with Gasteiger partial charge in [0.2, 0.25) is 0 Å². The lowest BCUT2D eigenvalue weighted by molar-refractivity contribution is 0.407. The molecule has 0 spiro atoms. The second-order valence-electron chi connectivity index (χ2n) is 5.19.